The zero-order chi connectivity index (χ0) is 12.3. The number of hydrogen-bond donors (Lipinski definition) is 1. The van der Waals surface area contributed by atoms with Crippen molar-refractivity contribution in [2.75, 3.05) is 7.11 Å². The predicted molar refractivity (Wildman–Crippen MR) is 56.1 cm³/mol. The molecule has 0 aromatic carbocycles. The second-order valence-electron chi connectivity index (χ2n) is 3.29. The third-order valence-electron chi connectivity index (χ3n) is 2.26. The molecule has 1 N–H and O–H groups in total. The summed E-state index contributed by atoms with van der Waals surface area (Å²) in [6, 6.07) is 3.35. The van der Waals surface area contributed by atoms with E-state index in [1.165, 1.54) is 13.3 Å². The van der Waals surface area contributed by atoms with Gasteiger partial charge in [-0.25, -0.2) is 4.79 Å². The van der Waals surface area contributed by atoms with E-state index in [9.17, 15) is 9.90 Å². The summed E-state index contributed by atoms with van der Waals surface area (Å²) in [5, 5.41) is 13.6. The second kappa shape index (κ2) is 4.75. The molecule has 0 amide bonds. The zero-order valence-corrected chi connectivity index (χ0v) is 9.03. The molecule has 0 aliphatic heterocycles. The fourth-order valence-electron chi connectivity index (χ4n) is 1.40. The van der Waals surface area contributed by atoms with Gasteiger partial charge in [0.05, 0.1) is 7.11 Å². The number of methoxy groups -OCH3 is 1. The van der Waals surface area contributed by atoms with Crippen molar-refractivity contribution in [3.63, 3.8) is 0 Å². The second-order valence-corrected chi connectivity index (χ2v) is 3.29. The van der Waals surface area contributed by atoms with Crippen LogP contribution in [0, 0.1) is 0 Å². The molecule has 0 saturated carbocycles. The van der Waals surface area contributed by atoms with Crippen LogP contribution in [0.15, 0.2) is 35.3 Å². The van der Waals surface area contributed by atoms with Gasteiger partial charge in [0.15, 0.2) is 0 Å². The van der Waals surface area contributed by atoms with E-state index < -0.39 is 12.1 Å². The van der Waals surface area contributed by atoms with Gasteiger partial charge in [0.25, 0.3) is 0 Å². The van der Waals surface area contributed by atoms with E-state index in [1.54, 1.807) is 18.3 Å². The monoisotopic (exact) mass is 234 g/mol. The Balaban J connectivity index is 2.35. The van der Waals surface area contributed by atoms with Gasteiger partial charge in [-0.15, -0.1) is 0 Å². The van der Waals surface area contributed by atoms with E-state index in [2.05, 4.69) is 19.4 Å². The van der Waals surface area contributed by atoms with E-state index in [1.807, 2.05) is 0 Å². The first kappa shape index (κ1) is 11.3. The number of ether oxygens (including phenoxy) is 1. The summed E-state index contributed by atoms with van der Waals surface area (Å²) in [4.78, 5) is 15.3. The minimum atomic E-state index is -1.07. The molecular weight excluding hydrogens is 224 g/mol. The maximum atomic E-state index is 11.4. The summed E-state index contributed by atoms with van der Waals surface area (Å²) in [5.41, 5.74) is 0.736. The van der Waals surface area contributed by atoms with Gasteiger partial charge < -0.3 is 14.4 Å². The minimum absolute atomic E-state index is 0.101. The molecule has 6 nitrogen and oxygen atoms in total. The maximum Gasteiger partial charge on any atom is 0.343 e. The number of pyridine rings is 1. The van der Waals surface area contributed by atoms with Crippen LogP contribution in [0.1, 0.15) is 27.7 Å². The average Bonchev–Trinajstić information content (AvgIpc) is 2.87. The maximum absolute atomic E-state index is 11.4. The van der Waals surface area contributed by atoms with Crippen LogP contribution in [-0.2, 0) is 4.74 Å². The van der Waals surface area contributed by atoms with Crippen molar-refractivity contribution in [2.45, 2.75) is 6.10 Å². The van der Waals surface area contributed by atoms with Crippen LogP contribution >= 0.6 is 0 Å². The van der Waals surface area contributed by atoms with Gasteiger partial charge in [-0.2, -0.15) is 0 Å². The predicted octanol–water partition coefficient (Wildman–Crippen LogP) is 0.938. The molecule has 0 fully saturated rings. The lowest BCUT2D eigenvalue weighted by molar-refractivity contribution is 0.0595. The van der Waals surface area contributed by atoms with E-state index in [-0.39, 0.29) is 11.3 Å². The van der Waals surface area contributed by atoms with E-state index in [0.717, 1.165) is 6.26 Å². The van der Waals surface area contributed by atoms with E-state index >= 15 is 0 Å². The Bertz CT molecular complexity index is 509. The molecule has 17 heavy (non-hydrogen) atoms. The van der Waals surface area contributed by atoms with Crippen molar-refractivity contribution in [1.82, 2.24) is 10.1 Å². The number of aromatic nitrogens is 2. The highest BCUT2D eigenvalue weighted by atomic mass is 16.5. The van der Waals surface area contributed by atoms with E-state index in [0.29, 0.717) is 5.56 Å². The molecule has 2 heterocycles. The fraction of sp³-hybridized carbons (Fsp3) is 0.182. The molecule has 0 bridgehead atoms. The highest BCUT2D eigenvalue weighted by Gasteiger charge is 2.23. The zero-order valence-electron chi connectivity index (χ0n) is 9.03. The number of aliphatic hydroxyl groups is 1. The number of hydrogen-bond acceptors (Lipinski definition) is 6. The summed E-state index contributed by atoms with van der Waals surface area (Å²) in [5.74, 6) is -0.607. The highest BCUT2D eigenvalue weighted by molar-refractivity contribution is 5.90. The summed E-state index contributed by atoms with van der Waals surface area (Å²) >= 11 is 0. The Labute approximate surface area is 96.8 Å². The smallest absolute Gasteiger partial charge is 0.343 e. The molecule has 88 valence electrons. The summed E-state index contributed by atoms with van der Waals surface area (Å²) in [6.45, 7) is 0. The largest absolute Gasteiger partial charge is 0.465 e. The Morgan fingerprint density at radius 2 is 2.41 bits per heavy atom. The first-order valence-electron chi connectivity index (χ1n) is 4.84. The number of carbonyl (C=O) groups excluding carboxylic acids is 1. The van der Waals surface area contributed by atoms with Gasteiger partial charge in [0.1, 0.15) is 23.6 Å². The lowest BCUT2D eigenvalue weighted by Gasteiger charge is -2.07. The van der Waals surface area contributed by atoms with Crippen LogP contribution in [0.4, 0.5) is 0 Å². The molecule has 2 rings (SSSR count). The van der Waals surface area contributed by atoms with Crippen LogP contribution in [0.5, 0.6) is 0 Å². The molecule has 0 radical (unpaired) electrons. The number of carbonyl (C=O) groups is 1. The lowest BCUT2D eigenvalue weighted by atomic mass is 10.1. The molecule has 0 aliphatic carbocycles. The topological polar surface area (TPSA) is 85.5 Å². The average molecular weight is 234 g/mol. The number of aliphatic hydroxyl groups excluding tert-OH is 1. The standard InChI is InChI=1S/C11H10N2O4/c1-16-11(15)8-6-17-13-9(8)10(14)7-3-2-4-12-5-7/h2-6,10,14H,1H3/t10-/m0/s1. The Kier molecular flexibility index (Phi) is 3.15. The Hall–Kier alpha value is -2.21. The van der Waals surface area contributed by atoms with Crippen molar-refractivity contribution < 1.29 is 19.2 Å². The van der Waals surface area contributed by atoms with Crippen molar-refractivity contribution in [3.8, 4) is 0 Å². The first-order valence-corrected chi connectivity index (χ1v) is 4.84. The molecule has 0 aliphatic rings. The minimum Gasteiger partial charge on any atom is -0.465 e. The van der Waals surface area contributed by atoms with Crippen molar-refractivity contribution >= 4 is 5.97 Å². The van der Waals surface area contributed by atoms with Crippen LogP contribution < -0.4 is 0 Å². The quantitative estimate of drug-likeness (QED) is 0.795. The molecule has 2 aromatic rings. The molecular formula is C11H10N2O4. The summed E-state index contributed by atoms with van der Waals surface area (Å²) < 4.78 is 9.24. The number of esters is 1. The summed E-state index contributed by atoms with van der Waals surface area (Å²) in [6.07, 6.45) is 3.14. The van der Waals surface area contributed by atoms with Crippen LogP contribution in [0.2, 0.25) is 0 Å². The van der Waals surface area contributed by atoms with Crippen molar-refractivity contribution in [3.05, 3.63) is 47.6 Å². The third-order valence-corrected chi connectivity index (χ3v) is 2.26. The van der Waals surface area contributed by atoms with Gasteiger partial charge in [0, 0.05) is 18.0 Å². The molecule has 1 atom stereocenters. The number of nitrogens with zero attached hydrogens (tertiary/aromatic N) is 2. The third kappa shape index (κ3) is 2.16. The normalized spacial score (nSPS) is 12.1. The van der Waals surface area contributed by atoms with Gasteiger partial charge in [0.2, 0.25) is 0 Å². The van der Waals surface area contributed by atoms with Crippen molar-refractivity contribution in [2.24, 2.45) is 0 Å². The van der Waals surface area contributed by atoms with Gasteiger partial charge in [-0.3, -0.25) is 4.98 Å². The molecule has 0 spiro atoms. The Morgan fingerprint density at radius 1 is 1.59 bits per heavy atom. The first-order chi connectivity index (χ1) is 8.24. The molecule has 0 unspecified atom stereocenters. The Morgan fingerprint density at radius 3 is 3.06 bits per heavy atom. The van der Waals surface area contributed by atoms with Crippen LogP contribution in [-0.4, -0.2) is 28.3 Å². The molecule has 0 saturated heterocycles. The molecule has 6 heteroatoms. The van der Waals surface area contributed by atoms with Crippen LogP contribution in [0.3, 0.4) is 0 Å². The van der Waals surface area contributed by atoms with Gasteiger partial charge in [-0.05, 0) is 6.07 Å². The van der Waals surface area contributed by atoms with E-state index in [4.69, 9.17) is 0 Å². The van der Waals surface area contributed by atoms with Gasteiger partial charge >= 0.3 is 5.97 Å². The SMILES string of the molecule is COC(=O)c1conc1[C@@H](O)c1cccnc1. The van der Waals surface area contributed by atoms with Gasteiger partial charge in [-0.1, -0.05) is 11.2 Å². The molecule has 2 aromatic heterocycles. The lowest BCUT2D eigenvalue weighted by Crippen LogP contribution is -2.09. The highest BCUT2D eigenvalue weighted by Crippen LogP contribution is 2.23. The summed E-state index contributed by atoms with van der Waals surface area (Å²) in [7, 11) is 1.25. The van der Waals surface area contributed by atoms with Crippen molar-refractivity contribution in [1.29, 1.82) is 0 Å². The van der Waals surface area contributed by atoms with Crippen LogP contribution in [0.25, 0.3) is 0 Å². The number of rotatable bonds is 3. The fourth-order valence-corrected chi connectivity index (χ4v) is 1.40.